The largest absolute Gasteiger partial charge is 0.399 e. The summed E-state index contributed by atoms with van der Waals surface area (Å²) in [5.41, 5.74) is 8.53. The van der Waals surface area contributed by atoms with Crippen LogP contribution in [-0.4, -0.2) is 36.3 Å². The maximum atomic E-state index is 14.2. The summed E-state index contributed by atoms with van der Waals surface area (Å²) < 4.78 is 40.8. The fraction of sp³-hybridized carbons (Fsp3) is 0.241. The normalized spacial score (nSPS) is 14.8. The van der Waals surface area contributed by atoms with Crippen molar-refractivity contribution in [2.24, 2.45) is 0 Å². The molecule has 0 saturated heterocycles. The molecule has 2 N–H and O–H groups in total. The molecule has 5 aromatic rings. The lowest BCUT2D eigenvalue weighted by Crippen LogP contribution is -2.37. The van der Waals surface area contributed by atoms with Crippen LogP contribution in [0.5, 0.6) is 0 Å². The number of methoxy groups -OCH3 is 1. The Morgan fingerprint density at radius 3 is 2.46 bits per heavy atom. The van der Waals surface area contributed by atoms with Crippen molar-refractivity contribution in [2.45, 2.75) is 36.7 Å². The number of benzene rings is 2. The standard InChI is InChI=1S/C29H26Cl2N4O4S2/c1-17-4-7-19(8-5-17)41(36,37)35-24(20-9-6-18(32)12-22(20)30)13-21-26(23(31)14-33-27(21)35)25-15-34-28(40-25)29(10-3-11-29)39-16-38-2/h4-9,12-15H,3,10-11,16,32H2,1-2H3. The topological polar surface area (TPSA) is 109 Å². The smallest absolute Gasteiger partial charge is 0.269 e. The SMILES string of the molecule is COCOC1(c2ncc(-c3c(Cl)cnc4c3cc(-c3ccc(N)cc3Cl)n4S(=O)(=O)c3ccc(C)cc3)s2)CCC1. The molecule has 1 saturated carbocycles. The highest BCUT2D eigenvalue weighted by Crippen LogP contribution is 2.49. The van der Waals surface area contributed by atoms with Gasteiger partial charge in [0.1, 0.15) is 17.4 Å². The van der Waals surface area contributed by atoms with Crippen molar-refractivity contribution >= 4 is 61.3 Å². The molecule has 41 heavy (non-hydrogen) atoms. The lowest BCUT2D eigenvalue weighted by atomic mass is 9.80. The average molecular weight is 630 g/mol. The van der Waals surface area contributed by atoms with Gasteiger partial charge in [0.05, 0.1) is 25.5 Å². The number of hydrogen-bond donors (Lipinski definition) is 1. The summed E-state index contributed by atoms with van der Waals surface area (Å²) in [6.07, 6.45) is 5.93. The fourth-order valence-corrected chi connectivity index (χ4v) is 8.28. The van der Waals surface area contributed by atoms with Crippen LogP contribution in [0.15, 0.2) is 65.8 Å². The Kier molecular flexibility index (Phi) is 7.34. The molecule has 6 rings (SSSR count). The van der Waals surface area contributed by atoms with Crippen LogP contribution < -0.4 is 5.73 Å². The number of rotatable bonds is 8. The number of thiazole rings is 1. The number of halogens is 2. The van der Waals surface area contributed by atoms with Crippen molar-refractivity contribution in [3.05, 3.63) is 81.5 Å². The lowest BCUT2D eigenvalue weighted by Gasteiger charge is -2.39. The maximum Gasteiger partial charge on any atom is 0.269 e. The Labute approximate surface area is 251 Å². The van der Waals surface area contributed by atoms with Crippen molar-refractivity contribution in [3.8, 4) is 21.7 Å². The number of aryl methyl sites for hydroxylation is 1. The van der Waals surface area contributed by atoms with Crippen LogP contribution in [0.3, 0.4) is 0 Å². The van der Waals surface area contributed by atoms with Crippen molar-refractivity contribution in [1.82, 2.24) is 13.9 Å². The number of nitrogens with zero attached hydrogens (tertiary/aromatic N) is 3. The summed E-state index contributed by atoms with van der Waals surface area (Å²) in [6.45, 7) is 2.06. The highest BCUT2D eigenvalue weighted by molar-refractivity contribution is 7.90. The molecular weight excluding hydrogens is 603 g/mol. The molecule has 0 spiro atoms. The van der Waals surface area contributed by atoms with Crippen molar-refractivity contribution in [2.75, 3.05) is 19.6 Å². The summed E-state index contributed by atoms with van der Waals surface area (Å²) >= 11 is 14.8. The number of aromatic nitrogens is 3. The summed E-state index contributed by atoms with van der Waals surface area (Å²) in [5, 5.41) is 2.05. The predicted octanol–water partition coefficient (Wildman–Crippen LogP) is 7.26. The van der Waals surface area contributed by atoms with E-state index in [0.29, 0.717) is 37.9 Å². The van der Waals surface area contributed by atoms with Gasteiger partial charge in [-0.3, -0.25) is 0 Å². The van der Waals surface area contributed by atoms with Gasteiger partial charge in [0.2, 0.25) is 0 Å². The molecule has 3 heterocycles. The first-order valence-electron chi connectivity index (χ1n) is 12.8. The van der Waals surface area contributed by atoms with Crippen LogP contribution in [0, 0.1) is 6.92 Å². The zero-order chi connectivity index (χ0) is 28.9. The van der Waals surface area contributed by atoms with Crippen LogP contribution in [0.25, 0.3) is 32.7 Å². The van der Waals surface area contributed by atoms with Gasteiger partial charge < -0.3 is 15.2 Å². The van der Waals surface area contributed by atoms with Crippen molar-refractivity contribution < 1.29 is 17.9 Å². The van der Waals surface area contributed by atoms with Gasteiger partial charge in [-0.25, -0.2) is 22.4 Å². The van der Waals surface area contributed by atoms with Gasteiger partial charge in [-0.15, -0.1) is 11.3 Å². The molecule has 1 aliphatic rings. The molecule has 0 unspecified atom stereocenters. The molecule has 1 aliphatic carbocycles. The van der Waals surface area contributed by atoms with E-state index >= 15 is 0 Å². The molecule has 8 nitrogen and oxygen atoms in total. The second-order valence-electron chi connectivity index (χ2n) is 10.00. The van der Waals surface area contributed by atoms with Crippen LogP contribution in [-0.2, 0) is 25.1 Å². The van der Waals surface area contributed by atoms with E-state index in [1.807, 2.05) is 6.92 Å². The minimum atomic E-state index is -4.10. The zero-order valence-electron chi connectivity index (χ0n) is 22.2. The minimum absolute atomic E-state index is 0.119. The Bertz CT molecular complexity index is 1880. The molecule has 0 bridgehead atoms. The molecule has 212 valence electrons. The third-order valence-electron chi connectivity index (χ3n) is 7.33. The molecule has 2 aromatic carbocycles. The van der Waals surface area contributed by atoms with Gasteiger partial charge in [0, 0.05) is 41.7 Å². The highest BCUT2D eigenvalue weighted by atomic mass is 35.5. The lowest BCUT2D eigenvalue weighted by molar-refractivity contribution is -0.171. The first-order chi connectivity index (χ1) is 19.6. The number of pyridine rings is 1. The van der Waals surface area contributed by atoms with Crippen molar-refractivity contribution in [1.29, 1.82) is 0 Å². The quantitative estimate of drug-likeness (QED) is 0.142. The van der Waals surface area contributed by atoms with E-state index in [2.05, 4.69) is 4.98 Å². The maximum absolute atomic E-state index is 14.2. The third-order valence-corrected chi connectivity index (χ3v) is 10.8. The Morgan fingerprint density at radius 1 is 1.05 bits per heavy atom. The minimum Gasteiger partial charge on any atom is -0.399 e. The summed E-state index contributed by atoms with van der Waals surface area (Å²) in [6, 6.07) is 13.4. The third kappa shape index (κ3) is 4.82. The average Bonchev–Trinajstić information content (AvgIpc) is 3.54. The fourth-order valence-electron chi connectivity index (χ4n) is 5.03. The van der Waals surface area contributed by atoms with E-state index in [-0.39, 0.29) is 17.3 Å². The Morgan fingerprint density at radius 2 is 1.80 bits per heavy atom. The molecule has 0 radical (unpaired) electrons. The number of ether oxygens (including phenoxy) is 2. The van der Waals surface area contributed by atoms with E-state index in [1.165, 1.54) is 21.5 Å². The molecule has 0 aliphatic heterocycles. The second-order valence-corrected chi connectivity index (χ2v) is 13.6. The van der Waals surface area contributed by atoms with Crippen LogP contribution in [0.4, 0.5) is 5.69 Å². The van der Waals surface area contributed by atoms with Gasteiger partial charge in [-0.1, -0.05) is 40.9 Å². The van der Waals surface area contributed by atoms with Gasteiger partial charge >= 0.3 is 0 Å². The highest BCUT2D eigenvalue weighted by Gasteiger charge is 2.43. The second kappa shape index (κ2) is 10.7. The number of anilines is 1. The number of nitrogens with two attached hydrogens (primary N) is 1. The van der Waals surface area contributed by atoms with E-state index in [0.717, 1.165) is 34.7 Å². The Balaban J connectivity index is 1.59. The molecule has 1 fully saturated rings. The van der Waals surface area contributed by atoms with E-state index in [1.54, 1.807) is 61.8 Å². The van der Waals surface area contributed by atoms with Crippen LogP contribution >= 0.6 is 34.5 Å². The predicted molar refractivity (Wildman–Crippen MR) is 163 cm³/mol. The molecular formula is C29H26Cl2N4O4S2. The molecule has 3 aromatic heterocycles. The zero-order valence-corrected chi connectivity index (χ0v) is 25.4. The first-order valence-corrected chi connectivity index (χ1v) is 15.8. The first kappa shape index (κ1) is 28.1. The van der Waals surface area contributed by atoms with Gasteiger partial charge in [0.25, 0.3) is 10.0 Å². The molecule has 12 heteroatoms. The van der Waals surface area contributed by atoms with Crippen LogP contribution in [0.2, 0.25) is 10.0 Å². The number of fused-ring (bicyclic) bond motifs is 1. The Hall–Kier alpha value is -2.99. The number of nitrogen functional groups attached to an aromatic ring is 1. The molecule has 0 atom stereocenters. The summed E-state index contributed by atoms with van der Waals surface area (Å²) in [4.78, 5) is 10.1. The summed E-state index contributed by atoms with van der Waals surface area (Å²) in [7, 11) is -2.51. The van der Waals surface area contributed by atoms with Gasteiger partial charge in [-0.05, 0) is 62.6 Å². The molecule has 0 amide bonds. The number of hydrogen-bond acceptors (Lipinski definition) is 8. The monoisotopic (exact) mass is 628 g/mol. The van der Waals surface area contributed by atoms with Crippen molar-refractivity contribution in [3.63, 3.8) is 0 Å². The van der Waals surface area contributed by atoms with Gasteiger partial charge in [0.15, 0.2) is 5.65 Å². The van der Waals surface area contributed by atoms with Crippen LogP contribution in [0.1, 0.15) is 29.8 Å². The van der Waals surface area contributed by atoms with E-state index in [9.17, 15) is 8.42 Å². The van der Waals surface area contributed by atoms with E-state index in [4.69, 9.17) is 43.4 Å². The van der Waals surface area contributed by atoms with Gasteiger partial charge in [-0.2, -0.15) is 0 Å². The summed E-state index contributed by atoms with van der Waals surface area (Å²) in [5.74, 6) is 0. The van der Waals surface area contributed by atoms with E-state index < -0.39 is 15.6 Å².